The average molecular weight is 121 g/mol. The molecule has 0 aromatic carbocycles. The molecule has 42 valence electrons. The van der Waals surface area contributed by atoms with Crippen LogP contribution in [-0.2, 0) is 15.9 Å². The number of rotatable bonds is 2. The molecule has 0 fully saturated rings. The van der Waals surface area contributed by atoms with E-state index in [9.17, 15) is 4.21 Å². The zero-order valence-corrected chi connectivity index (χ0v) is 5.23. The van der Waals surface area contributed by atoms with E-state index in [-0.39, 0.29) is 5.25 Å². The van der Waals surface area contributed by atoms with Crippen molar-refractivity contribution in [3.8, 4) is 0 Å². The monoisotopic (exact) mass is 121 g/mol. The smallest absolute Gasteiger partial charge is 0.387 e. The summed E-state index contributed by atoms with van der Waals surface area (Å²) in [6.45, 7) is 3.30. The van der Waals surface area contributed by atoms with Gasteiger partial charge in [0.15, 0.2) is 0 Å². The molecule has 0 heterocycles. The van der Waals surface area contributed by atoms with E-state index in [2.05, 4.69) is 0 Å². The Labute approximate surface area is 47.0 Å². The minimum Gasteiger partial charge on any atom is -0.387 e. The van der Waals surface area contributed by atoms with Crippen molar-refractivity contribution in [2.75, 3.05) is 0 Å². The maximum atomic E-state index is 9.83. The van der Waals surface area contributed by atoms with Crippen LogP contribution < -0.4 is 0 Å². The maximum Gasteiger partial charge on any atom is 0.464 e. The molecular weight excluding hydrogens is 112 g/mol. The van der Waals surface area contributed by atoms with Crippen LogP contribution in [0.2, 0.25) is 0 Å². The fraction of sp³-hybridized carbons (Fsp3) is 1.00. The van der Waals surface area contributed by atoms with Crippen molar-refractivity contribution in [2.45, 2.75) is 25.2 Å². The number of aliphatic hydroxyl groups excluding tert-OH is 1. The molecule has 3 heteroatoms. The van der Waals surface area contributed by atoms with Gasteiger partial charge in [0.05, 0.1) is 0 Å². The molecule has 0 rings (SSSR count). The topological polar surface area (TPSA) is 37.3 Å². The van der Waals surface area contributed by atoms with E-state index in [1.807, 2.05) is 0 Å². The van der Waals surface area contributed by atoms with Gasteiger partial charge in [0.25, 0.3) is 5.25 Å². The van der Waals surface area contributed by atoms with Crippen molar-refractivity contribution in [3.63, 3.8) is 0 Å². The summed E-state index contributed by atoms with van der Waals surface area (Å²) in [4.78, 5) is 0. The van der Waals surface area contributed by atoms with Crippen LogP contribution in [0, 0.1) is 0 Å². The highest BCUT2D eigenvalue weighted by Crippen LogP contribution is 1.90. The molecule has 0 saturated heterocycles. The molecule has 0 aliphatic carbocycles. The Morgan fingerprint density at radius 2 is 2.00 bits per heavy atom. The zero-order valence-electron chi connectivity index (χ0n) is 4.42. The molecule has 1 N–H and O–H groups in total. The molecule has 2 atom stereocenters. The first kappa shape index (κ1) is 6.98. The number of hydrogen-bond acceptors (Lipinski definition) is 2. The Kier molecular flexibility index (Phi) is 3.04. The van der Waals surface area contributed by atoms with Gasteiger partial charge in [-0.15, -0.1) is 0 Å². The van der Waals surface area contributed by atoms with E-state index in [0.29, 0.717) is 11.7 Å². The van der Waals surface area contributed by atoms with E-state index < -0.39 is 6.10 Å². The van der Waals surface area contributed by atoms with E-state index in [1.165, 1.54) is 0 Å². The molecule has 0 aliphatic heterocycles. The quantitative estimate of drug-likeness (QED) is 0.529. The molecule has 0 aromatic heterocycles. The summed E-state index contributed by atoms with van der Waals surface area (Å²) in [7, 11) is 0. The second-order valence-electron chi connectivity index (χ2n) is 1.54. The lowest BCUT2D eigenvalue weighted by Gasteiger charge is -1.92. The van der Waals surface area contributed by atoms with Gasteiger partial charge in [-0.05, 0) is 13.8 Å². The van der Waals surface area contributed by atoms with Gasteiger partial charge in [0.2, 0.25) is 0 Å². The highest BCUT2D eigenvalue weighted by molar-refractivity contribution is 7.66. The molecule has 0 spiro atoms. The Bertz CT molecular complexity index is 62.7. The standard InChI is InChI=1S/C4H9O2S/c1-3(5)4(2)7-6/h3-5H,1-2H3/q+1. The maximum absolute atomic E-state index is 9.83. The zero-order chi connectivity index (χ0) is 5.86. The van der Waals surface area contributed by atoms with Crippen molar-refractivity contribution in [1.82, 2.24) is 0 Å². The van der Waals surface area contributed by atoms with Crippen molar-refractivity contribution < 1.29 is 9.32 Å². The molecule has 2 nitrogen and oxygen atoms in total. The van der Waals surface area contributed by atoms with Crippen LogP contribution in [0.5, 0.6) is 0 Å². The molecule has 0 aliphatic rings. The third-order valence-corrected chi connectivity index (χ3v) is 1.53. The summed E-state index contributed by atoms with van der Waals surface area (Å²) in [5.74, 6) is 0. The lowest BCUT2D eigenvalue weighted by Crippen LogP contribution is -2.16. The van der Waals surface area contributed by atoms with E-state index in [4.69, 9.17) is 5.11 Å². The van der Waals surface area contributed by atoms with Gasteiger partial charge in [-0.3, -0.25) is 0 Å². The first-order chi connectivity index (χ1) is 3.18. The minimum absolute atomic E-state index is 0.181. The van der Waals surface area contributed by atoms with Gasteiger partial charge >= 0.3 is 11.7 Å². The SMILES string of the molecule is CC(O)C(C)[S+]=O. The first-order valence-electron chi connectivity index (χ1n) is 2.15. The average Bonchev–Trinajstić information content (AvgIpc) is 1.65. The predicted molar refractivity (Wildman–Crippen MR) is 29.2 cm³/mol. The van der Waals surface area contributed by atoms with Crippen molar-refractivity contribution in [2.24, 2.45) is 0 Å². The van der Waals surface area contributed by atoms with Crippen LogP contribution in [0.25, 0.3) is 0 Å². The number of aliphatic hydroxyl groups is 1. The summed E-state index contributed by atoms with van der Waals surface area (Å²) in [5.41, 5.74) is 0. The van der Waals surface area contributed by atoms with Crippen molar-refractivity contribution in [1.29, 1.82) is 0 Å². The molecule has 0 radical (unpaired) electrons. The van der Waals surface area contributed by atoms with Crippen LogP contribution in [0.15, 0.2) is 0 Å². The van der Waals surface area contributed by atoms with Crippen LogP contribution in [-0.4, -0.2) is 16.5 Å². The molecule has 0 amide bonds. The van der Waals surface area contributed by atoms with E-state index >= 15 is 0 Å². The second-order valence-corrected chi connectivity index (χ2v) is 2.48. The first-order valence-corrected chi connectivity index (χ1v) is 2.95. The highest BCUT2D eigenvalue weighted by atomic mass is 32.1. The van der Waals surface area contributed by atoms with Gasteiger partial charge in [0, 0.05) is 4.21 Å². The van der Waals surface area contributed by atoms with Gasteiger partial charge in [-0.25, -0.2) is 0 Å². The largest absolute Gasteiger partial charge is 0.464 e. The molecule has 0 saturated carbocycles. The van der Waals surface area contributed by atoms with Crippen LogP contribution in [0.1, 0.15) is 13.8 Å². The molecule has 0 aromatic rings. The Hall–Kier alpha value is -0.0200. The molecular formula is C4H9O2S+. The van der Waals surface area contributed by atoms with Crippen LogP contribution >= 0.6 is 0 Å². The lowest BCUT2D eigenvalue weighted by atomic mass is 10.3. The van der Waals surface area contributed by atoms with Gasteiger partial charge in [0.1, 0.15) is 6.10 Å². The molecule has 0 bridgehead atoms. The van der Waals surface area contributed by atoms with Crippen LogP contribution in [0.3, 0.4) is 0 Å². The third kappa shape index (κ3) is 2.65. The fourth-order valence-corrected chi connectivity index (χ4v) is 0.241. The van der Waals surface area contributed by atoms with Crippen LogP contribution in [0.4, 0.5) is 0 Å². The molecule has 7 heavy (non-hydrogen) atoms. The third-order valence-electron chi connectivity index (χ3n) is 0.831. The Morgan fingerprint density at radius 3 is 2.00 bits per heavy atom. The highest BCUT2D eigenvalue weighted by Gasteiger charge is 2.19. The van der Waals surface area contributed by atoms with Gasteiger partial charge < -0.3 is 5.11 Å². The molecule has 2 unspecified atom stereocenters. The summed E-state index contributed by atoms with van der Waals surface area (Å²) >= 11 is 0.433. The summed E-state index contributed by atoms with van der Waals surface area (Å²) in [6.07, 6.45) is -0.484. The van der Waals surface area contributed by atoms with Crippen molar-refractivity contribution in [3.05, 3.63) is 0 Å². The van der Waals surface area contributed by atoms with Gasteiger partial charge in [-0.1, -0.05) is 0 Å². The Balaban J connectivity index is 3.33. The fourth-order valence-electron chi connectivity index (χ4n) is 0.0804. The van der Waals surface area contributed by atoms with E-state index in [1.54, 1.807) is 13.8 Å². The summed E-state index contributed by atoms with van der Waals surface area (Å²) in [5, 5.41) is 8.42. The number of hydrogen-bond donors (Lipinski definition) is 1. The summed E-state index contributed by atoms with van der Waals surface area (Å²) in [6, 6.07) is 0. The second kappa shape index (κ2) is 3.04. The summed E-state index contributed by atoms with van der Waals surface area (Å²) < 4.78 is 9.83. The van der Waals surface area contributed by atoms with Crippen molar-refractivity contribution >= 4 is 11.7 Å². The normalized spacial score (nSPS) is 18.1. The Morgan fingerprint density at radius 1 is 1.57 bits per heavy atom. The van der Waals surface area contributed by atoms with E-state index in [0.717, 1.165) is 0 Å². The minimum atomic E-state index is -0.484. The lowest BCUT2D eigenvalue weighted by molar-refractivity contribution is 0.195. The van der Waals surface area contributed by atoms with Gasteiger partial charge in [-0.2, -0.15) is 0 Å². The predicted octanol–water partition coefficient (Wildman–Crippen LogP) is 0.184.